The van der Waals surface area contributed by atoms with Crippen molar-refractivity contribution in [2.75, 3.05) is 5.75 Å². The van der Waals surface area contributed by atoms with Crippen LogP contribution in [0.3, 0.4) is 0 Å². The molecule has 0 radical (unpaired) electrons. The van der Waals surface area contributed by atoms with Crippen LogP contribution < -0.4 is 0 Å². The van der Waals surface area contributed by atoms with Gasteiger partial charge in [0.1, 0.15) is 5.82 Å². The summed E-state index contributed by atoms with van der Waals surface area (Å²) in [6.45, 7) is 0. The summed E-state index contributed by atoms with van der Waals surface area (Å²) >= 11 is 0.922. The molecule has 1 aromatic carbocycles. The zero-order valence-electron chi connectivity index (χ0n) is 7.77. The molecular weight excluding hydrogens is 219 g/mol. The summed E-state index contributed by atoms with van der Waals surface area (Å²) in [7, 11) is 0. The maximum Gasteiger partial charge on any atom is 0.304 e. The van der Waals surface area contributed by atoms with Crippen molar-refractivity contribution in [3.05, 3.63) is 35.6 Å². The van der Waals surface area contributed by atoms with Gasteiger partial charge in [-0.2, -0.15) is 0 Å². The Hall–Kier alpha value is -1.36. The third-order valence-corrected chi connectivity index (χ3v) is 2.54. The minimum Gasteiger partial charge on any atom is -0.481 e. The molecule has 0 aliphatic carbocycles. The zero-order valence-corrected chi connectivity index (χ0v) is 8.59. The molecule has 3 nitrogen and oxygen atoms in total. The van der Waals surface area contributed by atoms with E-state index in [1.165, 1.54) is 24.3 Å². The van der Waals surface area contributed by atoms with Gasteiger partial charge in [0.2, 0.25) is 5.12 Å². The number of thioether (sulfide) groups is 1. The number of carbonyl (C=O) groups excluding carboxylic acids is 1. The molecule has 0 saturated carbocycles. The molecule has 0 aliphatic rings. The van der Waals surface area contributed by atoms with E-state index >= 15 is 0 Å². The van der Waals surface area contributed by atoms with E-state index in [1.807, 2.05) is 0 Å². The smallest absolute Gasteiger partial charge is 0.304 e. The van der Waals surface area contributed by atoms with Gasteiger partial charge in [-0.1, -0.05) is 11.8 Å². The lowest BCUT2D eigenvalue weighted by Crippen LogP contribution is -2.00. The summed E-state index contributed by atoms with van der Waals surface area (Å²) in [5.41, 5.74) is 0.381. The summed E-state index contributed by atoms with van der Waals surface area (Å²) in [6.07, 6.45) is -0.0579. The summed E-state index contributed by atoms with van der Waals surface area (Å²) in [4.78, 5) is 21.6. The van der Waals surface area contributed by atoms with Crippen molar-refractivity contribution in [3.8, 4) is 0 Å². The van der Waals surface area contributed by atoms with E-state index < -0.39 is 11.8 Å². The molecule has 1 aromatic rings. The predicted molar refractivity (Wildman–Crippen MR) is 55.4 cm³/mol. The highest BCUT2D eigenvalue weighted by Crippen LogP contribution is 2.13. The van der Waals surface area contributed by atoms with Gasteiger partial charge in [-0.3, -0.25) is 9.59 Å². The van der Waals surface area contributed by atoms with Crippen molar-refractivity contribution in [2.45, 2.75) is 6.42 Å². The average molecular weight is 228 g/mol. The van der Waals surface area contributed by atoms with Crippen LogP contribution in [0.4, 0.5) is 4.39 Å². The van der Waals surface area contributed by atoms with Crippen LogP contribution in [0.15, 0.2) is 24.3 Å². The highest BCUT2D eigenvalue weighted by Gasteiger charge is 2.07. The fourth-order valence-corrected chi connectivity index (χ4v) is 1.67. The lowest BCUT2D eigenvalue weighted by Gasteiger charge is -1.98. The van der Waals surface area contributed by atoms with Gasteiger partial charge in [0.05, 0.1) is 6.42 Å². The fourth-order valence-electron chi connectivity index (χ4n) is 0.900. The first-order valence-corrected chi connectivity index (χ1v) is 5.22. The van der Waals surface area contributed by atoms with Gasteiger partial charge in [-0.25, -0.2) is 4.39 Å². The zero-order chi connectivity index (χ0) is 11.3. The highest BCUT2D eigenvalue weighted by atomic mass is 32.2. The summed E-state index contributed by atoms with van der Waals surface area (Å²) in [6, 6.07) is 5.16. The SMILES string of the molecule is O=C(O)CCSC(=O)c1ccc(F)cc1. The Morgan fingerprint density at radius 3 is 2.40 bits per heavy atom. The van der Waals surface area contributed by atoms with Crippen molar-refractivity contribution >= 4 is 22.8 Å². The molecule has 0 aromatic heterocycles. The largest absolute Gasteiger partial charge is 0.481 e. The number of rotatable bonds is 4. The number of carboxylic acids is 1. The second kappa shape index (κ2) is 5.50. The first-order chi connectivity index (χ1) is 7.09. The molecule has 0 spiro atoms. The van der Waals surface area contributed by atoms with E-state index in [9.17, 15) is 14.0 Å². The number of halogens is 1. The van der Waals surface area contributed by atoms with E-state index in [1.54, 1.807) is 0 Å². The standard InChI is InChI=1S/C10H9FO3S/c11-8-3-1-7(2-4-8)10(14)15-6-5-9(12)13/h1-4H,5-6H2,(H,12,13). The van der Waals surface area contributed by atoms with Gasteiger partial charge < -0.3 is 5.11 Å². The molecule has 0 aliphatic heterocycles. The third kappa shape index (κ3) is 4.12. The lowest BCUT2D eigenvalue weighted by atomic mass is 10.2. The molecule has 15 heavy (non-hydrogen) atoms. The maximum atomic E-state index is 12.5. The van der Waals surface area contributed by atoms with Crippen LogP contribution in [-0.4, -0.2) is 21.9 Å². The van der Waals surface area contributed by atoms with E-state index in [2.05, 4.69) is 0 Å². The highest BCUT2D eigenvalue weighted by molar-refractivity contribution is 8.14. The molecular formula is C10H9FO3S. The van der Waals surface area contributed by atoms with E-state index in [0.29, 0.717) is 5.56 Å². The third-order valence-electron chi connectivity index (χ3n) is 1.63. The molecule has 80 valence electrons. The predicted octanol–water partition coefficient (Wildman–Crippen LogP) is 2.17. The van der Waals surface area contributed by atoms with Gasteiger partial charge in [0.15, 0.2) is 0 Å². The van der Waals surface area contributed by atoms with Crippen LogP contribution in [0.25, 0.3) is 0 Å². The molecule has 0 atom stereocenters. The van der Waals surface area contributed by atoms with Crippen LogP contribution in [0.1, 0.15) is 16.8 Å². The Balaban J connectivity index is 2.47. The molecule has 0 heterocycles. The molecule has 0 unspecified atom stereocenters. The van der Waals surface area contributed by atoms with Gasteiger partial charge in [0.25, 0.3) is 0 Å². The van der Waals surface area contributed by atoms with Gasteiger partial charge in [0, 0.05) is 11.3 Å². The maximum absolute atomic E-state index is 12.5. The lowest BCUT2D eigenvalue weighted by molar-refractivity contribution is -0.136. The number of carboxylic acid groups (broad SMARTS) is 1. The quantitative estimate of drug-likeness (QED) is 0.858. The fraction of sp³-hybridized carbons (Fsp3) is 0.200. The number of carbonyl (C=O) groups is 2. The average Bonchev–Trinajstić information content (AvgIpc) is 2.18. The monoisotopic (exact) mass is 228 g/mol. The molecule has 0 bridgehead atoms. The Labute approximate surface area is 90.3 Å². The van der Waals surface area contributed by atoms with E-state index in [-0.39, 0.29) is 17.3 Å². The van der Waals surface area contributed by atoms with E-state index in [0.717, 1.165) is 11.8 Å². The second-order valence-corrected chi connectivity index (χ2v) is 3.85. The topological polar surface area (TPSA) is 54.4 Å². The Morgan fingerprint density at radius 1 is 1.27 bits per heavy atom. The molecule has 0 amide bonds. The van der Waals surface area contributed by atoms with Crippen LogP contribution >= 0.6 is 11.8 Å². The Bertz CT molecular complexity index is 361. The molecule has 0 saturated heterocycles. The van der Waals surface area contributed by atoms with Crippen LogP contribution in [0, 0.1) is 5.82 Å². The van der Waals surface area contributed by atoms with E-state index in [4.69, 9.17) is 5.11 Å². The number of hydrogen-bond acceptors (Lipinski definition) is 3. The second-order valence-electron chi connectivity index (χ2n) is 2.79. The van der Waals surface area contributed by atoms with Crippen molar-refractivity contribution in [1.29, 1.82) is 0 Å². The number of aliphatic carboxylic acids is 1. The van der Waals surface area contributed by atoms with Crippen LogP contribution in [0.2, 0.25) is 0 Å². The number of hydrogen-bond donors (Lipinski definition) is 1. The van der Waals surface area contributed by atoms with Gasteiger partial charge in [-0.05, 0) is 24.3 Å². The van der Waals surface area contributed by atoms with Gasteiger partial charge >= 0.3 is 5.97 Å². The normalized spacial score (nSPS) is 9.93. The van der Waals surface area contributed by atoms with Crippen molar-refractivity contribution in [3.63, 3.8) is 0 Å². The number of benzene rings is 1. The molecule has 1 N–H and O–H groups in total. The molecule has 1 rings (SSSR count). The van der Waals surface area contributed by atoms with Crippen LogP contribution in [0.5, 0.6) is 0 Å². The summed E-state index contributed by atoms with van der Waals surface area (Å²) in [5.74, 6) is -1.11. The van der Waals surface area contributed by atoms with Crippen molar-refractivity contribution in [1.82, 2.24) is 0 Å². The van der Waals surface area contributed by atoms with Gasteiger partial charge in [-0.15, -0.1) is 0 Å². The minimum absolute atomic E-state index is 0.0579. The molecule has 5 heteroatoms. The molecule has 0 fully saturated rings. The van der Waals surface area contributed by atoms with Crippen LogP contribution in [-0.2, 0) is 4.79 Å². The first kappa shape index (κ1) is 11.7. The first-order valence-electron chi connectivity index (χ1n) is 4.24. The Kier molecular flexibility index (Phi) is 4.30. The summed E-state index contributed by atoms with van der Waals surface area (Å²) in [5, 5.41) is 8.12. The Morgan fingerprint density at radius 2 is 1.87 bits per heavy atom. The van der Waals surface area contributed by atoms with Crippen molar-refractivity contribution < 1.29 is 19.1 Å². The minimum atomic E-state index is -0.936. The van der Waals surface area contributed by atoms with Crippen molar-refractivity contribution in [2.24, 2.45) is 0 Å². The summed E-state index contributed by atoms with van der Waals surface area (Å²) < 4.78 is 12.5.